The fourth-order valence-electron chi connectivity index (χ4n) is 2.70. The fourth-order valence-corrected chi connectivity index (χ4v) is 2.82. The Morgan fingerprint density at radius 2 is 1.95 bits per heavy atom. The first-order valence-corrected chi connectivity index (χ1v) is 7.30. The highest BCUT2D eigenvalue weighted by molar-refractivity contribution is 6.30. The van der Waals surface area contributed by atoms with E-state index in [2.05, 4.69) is 16.3 Å². The van der Waals surface area contributed by atoms with Gasteiger partial charge in [-0.05, 0) is 55.0 Å². The lowest BCUT2D eigenvalue weighted by Gasteiger charge is -2.04. The Bertz CT molecular complexity index is 702. The Kier molecular flexibility index (Phi) is 3.80. The minimum absolute atomic E-state index is 0.147. The minimum atomic E-state index is -0.972. The molecule has 0 fully saturated rings. The highest BCUT2D eigenvalue weighted by atomic mass is 35.5. The molecule has 1 aliphatic carbocycles. The third kappa shape index (κ3) is 2.85. The van der Waals surface area contributed by atoms with Crippen LogP contribution in [0.1, 0.15) is 46.6 Å². The summed E-state index contributed by atoms with van der Waals surface area (Å²) in [5, 5.41) is 16.8. The van der Waals surface area contributed by atoms with E-state index in [4.69, 9.17) is 11.6 Å². The van der Waals surface area contributed by atoms with Crippen molar-refractivity contribution in [1.29, 1.82) is 0 Å². The highest BCUT2D eigenvalue weighted by Gasteiger charge is 2.22. The van der Waals surface area contributed by atoms with Gasteiger partial charge in [0.2, 0.25) is 0 Å². The average molecular weight is 303 g/mol. The number of aromatic amines is 1. The molecule has 0 radical (unpaired) electrons. The molecule has 0 saturated heterocycles. The Labute approximate surface area is 127 Å². The molecule has 0 saturated carbocycles. The van der Waals surface area contributed by atoms with Crippen LogP contribution in [0.15, 0.2) is 24.3 Å². The van der Waals surface area contributed by atoms with Gasteiger partial charge in [-0.3, -0.25) is 5.10 Å². The SMILES string of the molecule is O=C(O)c1n[nH]c2c1CCCCC2=Cc1ccc(Cl)cc1. The normalized spacial score (nSPS) is 16.5. The van der Waals surface area contributed by atoms with Crippen molar-refractivity contribution < 1.29 is 9.90 Å². The largest absolute Gasteiger partial charge is 0.476 e. The molecule has 0 atom stereocenters. The number of halogens is 1. The molecule has 108 valence electrons. The summed E-state index contributed by atoms with van der Waals surface area (Å²) < 4.78 is 0. The lowest BCUT2D eigenvalue weighted by atomic mass is 10.0. The maximum Gasteiger partial charge on any atom is 0.356 e. The van der Waals surface area contributed by atoms with Gasteiger partial charge >= 0.3 is 5.97 Å². The van der Waals surface area contributed by atoms with Crippen molar-refractivity contribution >= 4 is 29.2 Å². The van der Waals surface area contributed by atoms with E-state index in [1.165, 1.54) is 0 Å². The number of rotatable bonds is 2. The number of fused-ring (bicyclic) bond motifs is 1. The van der Waals surface area contributed by atoms with E-state index in [1.54, 1.807) is 0 Å². The summed E-state index contributed by atoms with van der Waals surface area (Å²) in [5.41, 5.74) is 3.98. The van der Waals surface area contributed by atoms with Crippen LogP contribution in [0.4, 0.5) is 0 Å². The molecule has 4 nitrogen and oxygen atoms in total. The van der Waals surface area contributed by atoms with Gasteiger partial charge in [-0.25, -0.2) is 4.79 Å². The van der Waals surface area contributed by atoms with Crippen molar-refractivity contribution in [2.45, 2.75) is 25.7 Å². The van der Waals surface area contributed by atoms with Gasteiger partial charge in [-0.2, -0.15) is 5.10 Å². The summed E-state index contributed by atoms with van der Waals surface area (Å²) in [6.07, 6.45) is 5.76. The van der Waals surface area contributed by atoms with E-state index in [0.717, 1.165) is 48.1 Å². The zero-order valence-corrected chi connectivity index (χ0v) is 12.2. The van der Waals surface area contributed by atoms with Gasteiger partial charge in [0, 0.05) is 10.6 Å². The monoisotopic (exact) mass is 302 g/mol. The molecule has 21 heavy (non-hydrogen) atoms. The van der Waals surface area contributed by atoms with Gasteiger partial charge in [0.05, 0.1) is 5.69 Å². The molecular weight excluding hydrogens is 288 g/mol. The van der Waals surface area contributed by atoms with E-state index in [-0.39, 0.29) is 5.69 Å². The van der Waals surface area contributed by atoms with Crippen molar-refractivity contribution in [2.24, 2.45) is 0 Å². The summed E-state index contributed by atoms with van der Waals surface area (Å²) in [7, 11) is 0. The lowest BCUT2D eigenvalue weighted by Crippen LogP contribution is -2.01. The zero-order valence-electron chi connectivity index (χ0n) is 11.4. The summed E-state index contributed by atoms with van der Waals surface area (Å²) >= 11 is 5.90. The number of hydrogen-bond acceptors (Lipinski definition) is 2. The molecule has 1 aromatic carbocycles. The van der Waals surface area contributed by atoms with Crippen molar-refractivity contribution in [3.8, 4) is 0 Å². The second kappa shape index (κ2) is 5.74. The van der Waals surface area contributed by atoms with Crippen molar-refractivity contribution in [3.63, 3.8) is 0 Å². The minimum Gasteiger partial charge on any atom is -0.476 e. The Balaban J connectivity index is 2.04. The number of aromatic nitrogens is 2. The van der Waals surface area contributed by atoms with E-state index >= 15 is 0 Å². The number of aromatic carboxylic acids is 1. The summed E-state index contributed by atoms with van der Waals surface area (Å²) in [4.78, 5) is 11.2. The van der Waals surface area contributed by atoms with Gasteiger partial charge in [0.1, 0.15) is 0 Å². The van der Waals surface area contributed by atoms with Crippen LogP contribution in [0.5, 0.6) is 0 Å². The fraction of sp³-hybridized carbons (Fsp3) is 0.250. The molecule has 5 heteroatoms. The number of nitrogens with zero attached hydrogens (tertiary/aromatic N) is 1. The number of carbonyl (C=O) groups is 1. The highest BCUT2D eigenvalue weighted by Crippen LogP contribution is 2.31. The molecule has 1 aliphatic rings. The Morgan fingerprint density at radius 3 is 2.67 bits per heavy atom. The van der Waals surface area contributed by atoms with Crippen molar-refractivity contribution in [2.75, 3.05) is 0 Å². The summed E-state index contributed by atoms with van der Waals surface area (Å²) in [6.45, 7) is 0. The number of hydrogen-bond donors (Lipinski definition) is 2. The average Bonchev–Trinajstić information content (AvgIpc) is 2.79. The van der Waals surface area contributed by atoms with Gasteiger partial charge in [-0.15, -0.1) is 0 Å². The van der Waals surface area contributed by atoms with Crippen LogP contribution < -0.4 is 0 Å². The number of carboxylic acid groups (broad SMARTS) is 1. The Hall–Kier alpha value is -2.07. The van der Waals surface area contributed by atoms with E-state index in [0.29, 0.717) is 5.02 Å². The van der Waals surface area contributed by atoms with Crippen molar-refractivity contribution in [1.82, 2.24) is 10.2 Å². The van der Waals surface area contributed by atoms with Crippen LogP contribution in [0.3, 0.4) is 0 Å². The number of nitrogens with one attached hydrogen (secondary N) is 1. The van der Waals surface area contributed by atoms with Crippen molar-refractivity contribution in [3.05, 3.63) is 51.8 Å². The van der Waals surface area contributed by atoms with Gasteiger partial charge in [0.25, 0.3) is 0 Å². The summed E-state index contributed by atoms with van der Waals surface area (Å²) in [6, 6.07) is 7.60. The van der Waals surface area contributed by atoms with E-state index in [1.807, 2.05) is 24.3 Å². The molecule has 0 spiro atoms. The van der Waals surface area contributed by atoms with Crippen LogP contribution in [0.2, 0.25) is 5.02 Å². The number of benzene rings is 1. The maximum absolute atomic E-state index is 11.2. The topological polar surface area (TPSA) is 66.0 Å². The second-order valence-electron chi connectivity index (χ2n) is 5.16. The van der Waals surface area contributed by atoms with E-state index in [9.17, 15) is 9.90 Å². The molecule has 0 unspecified atom stereocenters. The second-order valence-corrected chi connectivity index (χ2v) is 5.60. The molecule has 3 rings (SSSR count). The molecule has 0 bridgehead atoms. The van der Waals surface area contributed by atoms with Crippen LogP contribution in [-0.4, -0.2) is 21.3 Å². The van der Waals surface area contributed by atoms with Crippen LogP contribution in [0.25, 0.3) is 11.6 Å². The predicted octanol–water partition coefficient (Wildman–Crippen LogP) is 4.03. The van der Waals surface area contributed by atoms with Gasteiger partial charge in [-0.1, -0.05) is 23.7 Å². The zero-order chi connectivity index (χ0) is 14.8. The molecule has 0 amide bonds. The van der Waals surface area contributed by atoms with E-state index < -0.39 is 5.97 Å². The smallest absolute Gasteiger partial charge is 0.356 e. The first-order valence-electron chi connectivity index (χ1n) is 6.92. The first-order chi connectivity index (χ1) is 10.1. The third-order valence-corrected chi connectivity index (χ3v) is 3.98. The molecule has 1 aromatic heterocycles. The Morgan fingerprint density at radius 1 is 1.24 bits per heavy atom. The molecule has 1 heterocycles. The van der Waals surface area contributed by atoms with Crippen LogP contribution in [-0.2, 0) is 6.42 Å². The molecule has 2 aromatic rings. The van der Waals surface area contributed by atoms with Gasteiger partial charge < -0.3 is 5.11 Å². The standard InChI is InChI=1S/C16H15ClN2O2/c17-12-7-5-10(6-8-12)9-11-3-1-2-4-13-14(11)18-19-15(13)16(20)21/h5-9H,1-4H2,(H,18,19)(H,20,21). The van der Waals surface area contributed by atoms with Crippen LogP contribution in [0, 0.1) is 0 Å². The third-order valence-electron chi connectivity index (χ3n) is 3.72. The number of carboxylic acids is 1. The predicted molar refractivity (Wildman–Crippen MR) is 82.4 cm³/mol. The summed E-state index contributed by atoms with van der Waals surface area (Å²) in [5.74, 6) is -0.972. The van der Waals surface area contributed by atoms with Crippen LogP contribution >= 0.6 is 11.6 Å². The number of H-pyrrole nitrogens is 1. The molecular formula is C16H15ClN2O2. The maximum atomic E-state index is 11.2. The quantitative estimate of drug-likeness (QED) is 0.823. The van der Waals surface area contributed by atoms with Gasteiger partial charge in [0.15, 0.2) is 5.69 Å². The molecule has 0 aliphatic heterocycles. The lowest BCUT2D eigenvalue weighted by molar-refractivity contribution is 0.0689. The first kappa shape index (κ1) is 13.9. The number of allylic oxidation sites excluding steroid dienone is 1. The molecule has 2 N–H and O–H groups in total.